The lowest BCUT2D eigenvalue weighted by Crippen LogP contribution is -1.86. The normalized spacial score (nSPS) is 9.73. The molecule has 0 atom stereocenters. The topological polar surface area (TPSA) is 31.4 Å². The van der Waals surface area contributed by atoms with Crippen LogP contribution in [0.5, 0.6) is 11.1 Å². The summed E-state index contributed by atoms with van der Waals surface area (Å²) in [7, 11) is 3.17. The molecule has 0 aromatic carbocycles. The minimum Gasteiger partial charge on any atom is -0.480 e. The van der Waals surface area contributed by atoms with Gasteiger partial charge in [-0.2, -0.15) is 17.6 Å². The Morgan fingerprint density at radius 1 is 1.45 bits per heavy atom. The molecule has 0 amide bonds. The van der Waals surface area contributed by atoms with Crippen LogP contribution >= 0.6 is 24.0 Å². The fourth-order valence-corrected chi connectivity index (χ4v) is 1.70. The molecule has 1 aromatic rings. The number of hydrogen-bond acceptors (Lipinski definition) is 5. The van der Waals surface area contributed by atoms with Crippen molar-refractivity contribution in [2.45, 2.75) is 5.75 Å². The molecule has 0 radical (unpaired) electrons. The standard InChI is InChI=1S/C6H9NO2S2/c1-8-5-4(3-10)11-6(7-5)9-2/h10H,3H2,1-2H3. The van der Waals surface area contributed by atoms with Crippen LogP contribution in [0, 0.1) is 0 Å². The lowest BCUT2D eigenvalue weighted by molar-refractivity contribution is 0.376. The van der Waals surface area contributed by atoms with Crippen LogP contribution in [0.25, 0.3) is 0 Å². The van der Waals surface area contributed by atoms with Crippen molar-refractivity contribution in [1.29, 1.82) is 0 Å². The quantitative estimate of drug-likeness (QED) is 0.736. The first-order valence-electron chi connectivity index (χ1n) is 3.00. The highest BCUT2D eigenvalue weighted by Gasteiger charge is 2.09. The molecule has 0 saturated heterocycles. The van der Waals surface area contributed by atoms with Crippen molar-refractivity contribution in [2.75, 3.05) is 14.2 Å². The summed E-state index contributed by atoms with van der Waals surface area (Å²) in [6.07, 6.45) is 0. The summed E-state index contributed by atoms with van der Waals surface area (Å²) in [6.45, 7) is 0. The molecule has 3 nitrogen and oxygen atoms in total. The molecule has 0 aliphatic heterocycles. The molecule has 5 heteroatoms. The minimum atomic E-state index is 0.613. The van der Waals surface area contributed by atoms with Crippen LogP contribution in [0.3, 0.4) is 0 Å². The van der Waals surface area contributed by atoms with Crippen LogP contribution < -0.4 is 9.47 Å². The van der Waals surface area contributed by atoms with E-state index >= 15 is 0 Å². The number of thiazole rings is 1. The summed E-state index contributed by atoms with van der Waals surface area (Å²) in [5.41, 5.74) is 0. The highest BCUT2D eigenvalue weighted by Crippen LogP contribution is 2.31. The van der Waals surface area contributed by atoms with Gasteiger partial charge in [-0.25, -0.2) is 0 Å². The Labute approximate surface area is 74.8 Å². The molecular formula is C6H9NO2S2. The monoisotopic (exact) mass is 191 g/mol. The smallest absolute Gasteiger partial charge is 0.276 e. The molecular weight excluding hydrogens is 182 g/mol. The highest BCUT2D eigenvalue weighted by atomic mass is 32.1. The maximum atomic E-state index is 4.99. The van der Waals surface area contributed by atoms with Gasteiger partial charge in [0.25, 0.3) is 5.19 Å². The van der Waals surface area contributed by atoms with E-state index in [1.807, 2.05) is 0 Å². The van der Waals surface area contributed by atoms with E-state index in [2.05, 4.69) is 17.6 Å². The lowest BCUT2D eigenvalue weighted by Gasteiger charge is -1.93. The van der Waals surface area contributed by atoms with Crippen LogP contribution in [0.1, 0.15) is 4.88 Å². The average molecular weight is 191 g/mol. The van der Waals surface area contributed by atoms with Gasteiger partial charge in [-0.15, -0.1) is 0 Å². The van der Waals surface area contributed by atoms with Gasteiger partial charge in [-0.3, -0.25) is 0 Å². The molecule has 1 aromatic heterocycles. The summed E-state index contributed by atoms with van der Waals surface area (Å²) in [5.74, 6) is 1.24. The number of ether oxygens (including phenoxy) is 2. The molecule has 11 heavy (non-hydrogen) atoms. The Morgan fingerprint density at radius 2 is 2.18 bits per heavy atom. The third-order valence-electron chi connectivity index (χ3n) is 1.15. The number of hydrogen-bond donors (Lipinski definition) is 1. The number of thiol groups is 1. The van der Waals surface area contributed by atoms with E-state index in [0.29, 0.717) is 16.8 Å². The molecule has 0 saturated carbocycles. The summed E-state index contributed by atoms with van der Waals surface area (Å²) < 4.78 is 9.92. The first-order chi connectivity index (χ1) is 5.31. The van der Waals surface area contributed by atoms with Crippen molar-refractivity contribution in [1.82, 2.24) is 4.98 Å². The maximum absolute atomic E-state index is 4.99. The molecule has 62 valence electrons. The Hall–Kier alpha value is -0.420. The van der Waals surface area contributed by atoms with Crippen LogP contribution in [0.2, 0.25) is 0 Å². The third-order valence-corrected chi connectivity index (χ3v) is 2.68. The van der Waals surface area contributed by atoms with Crippen molar-refractivity contribution in [2.24, 2.45) is 0 Å². The van der Waals surface area contributed by atoms with E-state index in [1.54, 1.807) is 14.2 Å². The highest BCUT2D eigenvalue weighted by molar-refractivity contribution is 7.79. The molecule has 1 heterocycles. The predicted molar refractivity (Wildman–Crippen MR) is 47.9 cm³/mol. The molecule has 0 unspecified atom stereocenters. The van der Waals surface area contributed by atoms with Crippen molar-refractivity contribution in [3.63, 3.8) is 0 Å². The number of methoxy groups -OCH3 is 2. The largest absolute Gasteiger partial charge is 0.480 e. The van der Waals surface area contributed by atoms with Crippen LogP contribution in [-0.4, -0.2) is 19.2 Å². The van der Waals surface area contributed by atoms with Gasteiger partial charge in [-0.05, 0) is 0 Å². The van der Waals surface area contributed by atoms with Gasteiger partial charge in [0.2, 0.25) is 5.88 Å². The molecule has 1 rings (SSSR count). The molecule has 0 aliphatic carbocycles. The van der Waals surface area contributed by atoms with Crippen molar-refractivity contribution >= 4 is 24.0 Å². The Balaban J connectivity index is 2.92. The fourth-order valence-electron chi connectivity index (χ4n) is 0.664. The van der Waals surface area contributed by atoms with E-state index in [9.17, 15) is 0 Å². The number of rotatable bonds is 3. The van der Waals surface area contributed by atoms with Crippen LogP contribution in [0.15, 0.2) is 0 Å². The number of nitrogens with zero attached hydrogens (tertiary/aromatic N) is 1. The summed E-state index contributed by atoms with van der Waals surface area (Å²) in [6, 6.07) is 0. The SMILES string of the molecule is COc1nc(OC)c(CS)s1. The van der Waals surface area contributed by atoms with Crippen LogP contribution in [-0.2, 0) is 5.75 Å². The number of aromatic nitrogens is 1. The second-order valence-corrected chi connectivity index (χ2v) is 3.14. The van der Waals surface area contributed by atoms with Crippen LogP contribution in [0.4, 0.5) is 0 Å². The lowest BCUT2D eigenvalue weighted by atomic mass is 10.6. The van der Waals surface area contributed by atoms with E-state index in [-0.39, 0.29) is 0 Å². The Kier molecular flexibility index (Phi) is 3.02. The van der Waals surface area contributed by atoms with E-state index in [1.165, 1.54) is 11.3 Å². The maximum Gasteiger partial charge on any atom is 0.276 e. The van der Waals surface area contributed by atoms with Crippen molar-refractivity contribution < 1.29 is 9.47 Å². The third kappa shape index (κ3) is 1.78. The van der Waals surface area contributed by atoms with E-state index in [0.717, 1.165) is 4.88 Å². The zero-order valence-electron chi connectivity index (χ0n) is 6.33. The Bertz CT molecular complexity index is 215. The van der Waals surface area contributed by atoms with E-state index in [4.69, 9.17) is 9.47 Å². The van der Waals surface area contributed by atoms with Crippen molar-refractivity contribution in [3.05, 3.63) is 4.88 Å². The molecule has 0 N–H and O–H groups in total. The van der Waals surface area contributed by atoms with Gasteiger partial charge < -0.3 is 9.47 Å². The van der Waals surface area contributed by atoms with E-state index < -0.39 is 0 Å². The predicted octanol–water partition coefficient (Wildman–Crippen LogP) is 1.59. The van der Waals surface area contributed by atoms with Crippen molar-refractivity contribution in [3.8, 4) is 11.1 Å². The summed E-state index contributed by atoms with van der Waals surface area (Å²) in [4.78, 5) is 5.04. The second kappa shape index (κ2) is 3.82. The van der Waals surface area contributed by atoms with Gasteiger partial charge in [0.05, 0.1) is 19.1 Å². The second-order valence-electron chi connectivity index (χ2n) is 1.77. The zero-order valence-corrected chi connectivity index (χ0v) is 8.04. The zero-order chi connectivity index (χ0) is 8.27. The first kappa shape index (κ1) is 8.67. The molecule has 0 aliphatic rings. The molecule has 0 bridgehead atoms. The molecule has 0 spiro atoms. The summed E-state index contributed by atoms with van der Waals surface area (Å²) in [5, 5.41) is 0.617. The molecule has 0 fully saturated rings. The summed E-state index contributed by atoms with van der Waals surface area (Å²) >= 11 is 5.57. The minimum absolute atomic E-state index is 0.613. The fraction of sp³-hybridized carbons (Fsp3) is 0.500. The van der Waals surface area contributed by atoms with Gasteiger partial charge in [-0.1, -0.05) is 11.3 Å². The first-order valence-corrected chi connectivity index (χ1v) is 4.45. The average Bonchev–Trinajstić information content (AvgIpc) is 2.46. The Morgan fingerprint density at radius 3 is 2.55 bits per heavy atom. The van der Waals surface area contributed by atoms with Gasteiger partial charge in [0.15, 0.2) is 0 Å². The van der Waals surface area contributed by atoms with Gasteiger partial charge in [0.1, 0.15) is 0 Å². The van der Waals surface area contributed by atoms with Gasteiger partial charge >= 0.3 is 0 Å². The van der Waals surface area contributed by atoms with Gasteiger partial charge in [0, 0.05) is 5.75 Å².